The molecule has 0 spiro atoms. The SMILES string of the molecule is COC(=O)[C@@H](CC(=O)C=N)C(C)C. The topological polar surface area (TPSA) is 67.2 Å². The number of ether oxygens (including phenoxy) is 1. The minimum atomic E-state index is -0.431. The largest absolute Gasteiger partial charge is 0.469 e. The van der Waals surface area contributed by atoms with Gasteiger partial charge in [0.25, 0.3) is 0 Å². The third kappa shape index (κ3) is 3.83. The second-order valence-electron chi connectivity index (χ2n) is 3.19. The summed E-state index contributed by atoms with van der Waals surface area (Å²) in [5.74, 6) is -1.11. The Morgan fingerprint density at radius 3 is 2.31 bits per heavy atom. The summed E-state index contributed by atoms with van der Waals surface area (Å²) in [6.45, 7) is 3.69. The zero-order chi connectivity index (χ0) is 10.4. The van der Waals surface area contributed by atoms with E-state index in [9.17, 15) is 9.59 Å². The first-order valence-electron chi connectivity index (χ1n) is 4.14. The third-order valence-electron chi connectivity index (χ3n) is 1.89. The number of methoxy groups -OCH3 is 1. The fraction of sp³-hybridized carbons (Fsp3) is 0.667. The minimum Gasteiger partial charge on any atom is -0.469 e. The van der Waals surface area contributed by atoms with Crippen molar-refractivity contribution in [1.29, 1.82) is 5.41 Å². The quantitative estimate of drug-likeness (QED) is 0.514. The first kappa shape index (κ1) is 11.8. The van der Waals surface area contributed by atoms with E-state index in [4.69, 9.17) is 5.41 Å². The van der Waals surface area contributed by atoms with Gasteiger partial charge in [0, 0.05) is 6.42 Å². The molecule has 0 saturated carbocycles. The first-order chi connectivity index (χ1) is 6.02. The van der Waals surface area contributed by atoms with Crippen LogP contribution in [0.5, 0.6) is 0 Å². The van der Waals surface area contributed by atoms with Crippen molar-refractivity contribution in [3.05, 3.63) is 0 Å². The fourth-order valence-corrected chi connectivity index (χ4v) is 1.02. The highest BCUT2D eigenvalue weighted by Gasteiger charge is 2.24. The van der Waals surface area contributed by atoms with E-state index < -0.39 is 5.92 Å². The zero-order valence-corrected chi connectivity index (χ0v) is 8.16. The number of hydrogen-bond acceptors (Lipinski definition) is 4. The van der Waals surface area contributed by atoms with E-state index in [0.717, 1.165) is 6.21 Å². The number of carbonyl (C=O) groups is 2. The molecule has 1 atom stereocenters. The van der Waals surface area contributed by atoms with Crippen LogP contribution in [-0.4, -0.2) is 25.1 Å². The molecule has 0 bridgehead atoms. The molecular formula is C9H15NO3. The van der Waals surface area contributed by atoms with Crippen LogP contribution in [0.2, 0.25) is 0 Å². The standard InChI is InChI=1S/C9H15NO3/c1-6(2)8(9(12)13-3)4-7(11)5-10/h5-6,8,10H,4H2,1-3H3/t8-/m0/s1. The Bertz CT molecular complexity index is 211. The van der Waals surface area contributed by atoms with Gasteiger partial charge in [-0.3, -0.25) is 9.59 Å². The van der Waals surface area contributed by atoms with Crippen LogP contribution in [0.3, 0.4) is 0 Å². The van der Waals surface area contributed by atoms with Gasteiger partial charge in [-0.05, 0) is 5.92 Å². The zero-order valence-electron chi connectivity index (χ0n) is 8.16. The van der Waals surface area contributed by atoms with Crippen molar-refractivity contribution in [1.82, 2.24) is 0 Å². The van der Waals surface area contributed by atoms with E-state index in [-0.39, 0.29) is 24.1 Å². The number of Topliss-reactive ketones (excluding diaryl/α,β-unsaturated/α-hetero) is 1. The number of carbonyl (C=O) groups excluding carboxylic acids is 2. The summed E-state index contributed by atoms with van der Waals surface area (Å²) in [5, 5.41) is 6.71. The molecule has 0 aliphatic carbocycles. The molecular weight excluding hydrogens is 170 g/mol. The number of rotatable bonds is 5. The average molecular weight is 185 g/mol. The first-order valence-corrected chi connectivity index (χ1v) is 4.14. The maximum Gasteiger partial charge on any atom is 0.309 e. The molecule has 4 nitrogen and oxygen atoms in total. The number of esters is 1. The normalized spacial score (nSPS) is 12.3. The van der Waals surface area contributed by atoms with Gasteiger partial charge in [-0.25, -0.2) is 0 Å². The van der Waals surface area contributed by atoms with Crippen molar-refractivity contribution >= 4 is 18.0 Å². The van der Waals surface area contributed by atoms with Gasteiger partial charge in [0.05, 0.1) is 19.2 Å². The monoisotopic (exact) mass is 185 g/mol. The average Bonchev–Trinajstić information content (AvgIpc) is 2.11. The summed E-state index contributed by atoms with van der Waals surface area (Å²) < 4.78 is 4.55. The van der Waals surface area contributed by atoms with E-state index in [1.165, 1.54) is 7.11 Å². The van der Waals surface area contributed by atoms with Crippen molar-refractivity contribution in [2.45, 2.75) is 20.3 Å². The summed E-state index contributed by atoms with van der Waals surface area (Å²) in [5.41, 5.74) is 0. The van der Waals surface area contributed by atoms with Gasteiger partial charge >= 0.3 is 5.97 Å². The van der Waals surface area contributed by atoms with Gasteiger partial charge in [0.15, 0.2) is 5.78 Å². The lowest BCUT2D eigenvalue weighted by molar-refractivity contribution is -0.148. The molecule has 0 aliphatic heterocycles. The Kier molecular flexibility index (Phi) is 4.96. The molecule has 1 N–H and O–H groups in total. The van der Waals surface area contributed by atoms with E-state index in [0.29, 0.717) is 0 Å². The number of nitrogens with one attached hydrogen (secondary N) is 1. The van der Waals surface area contributed by atoms with Crippen molar-refractivity contribution in [2.24, 2.45) is 11.8 Å². The maximum absolute atomic E-state index is 11.2. The van der Waals surface area contributed by atoms with Gasteiger partial charge < -0.3 is 10.1 Å². The Morgan fingerprint density at radius 2 is 2.00 bits per heavy atom. The second kappa shape index (κ2) is 5.45. The van der Waals surface area contributed by atoms with E-state index >= 15 is 0 Å². The van der Waals surface area contributed by atoms with Gasteiger partial charge in [0.1, 0.15) is 0 Å². The summed E-state index contributed by atoms with van der Waals surface area (Å²) in [6, 6.07) is 0. The van der Waals surface area contributed by atoms with Gasteiger partial charge in [-0.1, -0.05) is 13.8 Å². The van der Waals surface area contributed by atoms with E-state index in [1.54, 1.807) is 0 Å². The van der Waals surface area contributed by atoms with Crippen LogP contribution in [0, 0.1) is 17.2 Å². The summed E-state index contributed by atoms with van der Waals surface area (Å²) >= 11 is 0. The van der Waals surface area contributed by atoms with Gasteiger partial charge in [-0.2, -0.15) is 0 Å². The Labute approximate surface area is 77.8 Å². The Balaban J connectivity index is 4.34. The van der Waals surface area contributed by atoms with Crippen LogP contribution in [0.1, 0.15) is 20.3 Å². The molecule has 0 aromatic heterocycles. The van der Waals surface area contributed by atoms with Crippen molar-refractivity contribution in [3.8, 4) is 0 Å². The smallest absolute Gasteiger partial charge is 0.309 e. The molecule has 0 fully saturated rings. The van der Waals surface area contributed by atoms with Crippen LogP contribution in [-0.2, 0) is 14.3 Å². The highest BCUT2D eigenvalue weighted by atomic mass is 16.5. The maximum atomic E-state index is 11.2. The highest BCUT2D eigenvalue weighted by molar-refractivity contribution is 6.26. The molecule has 0 aromatic carbocycles. The summed E-state index contributed by atoms with van der Waals surface area (Å²) in [6.07, 6.45) is 0.798. The fourth-order valence-electron chi connectivity index (χ4n) is 1.02. The van der Waals surface area contributed by atoms with E-state index in [1.807, 2.05) is 13.8 Å². The molecule has 0 rings (SSSR count). The molecule has 0 heterocycles. The second-order valence-corrected chi connectivity index (χ2v) is 3.19. The lowest BCUT2D eigenvalue weighted by atomic mass is 9.91. The number of ketones is 1. The van der Waals surface area contributed by atoms with Crippen molar-refractivity contribution in [2.75, 3.05) is 7.11 Å². The van der Waals surface area contributed by atoms with Crippen molar-refractivity contribution < 1.29 is 14.3 Å². The molecule has 0 saturated heterocycles. The lowest BCUT2D eigenvalue weighted by Crippen LogP contribution is -2.24. The minimum absolute atomic E-state index is 0.0522. The van der Waals surface area contributed by atoms with Crippen molar-refractivity contribution in [3.63, 3.8) is 0 Å². The Hall–Kier alpha value is -1.19. The third-order valence-corrected chi connectivity index (χ3v) is 1.89. The molecule has 0 unspecified atom stereocenters. The molecule has 0 aliphatic rings. The summed E-state index contributed by atoms with van der Waals surface area (Å²) in [7, 11) is 1.30. The van der Waals surface area contributed by atoms with E-state index in [2.05, 4.69) is 4.74 Å². The predicted octanol–water partition coefficient (Wildman–Crippen LogP) is 1.04. The lowest BCUT2D eigenvalue weighted by Gasteiger charge is -2.16. The van der Waals surface area contributed by atoms with Crippen LogP contribution >= 0.6 is 0 Å². The van der Waals surface area contributed by atoms with Gasteiger partial charge in [0.2, 0.25) is 0 Å². The number of hydrogen-bond donors (Lipinski definition) is 1. The molecule has 0 amide bonds. The molecule has 4 heteroatoms. The van der Waals surface area contributed by atoms with Crippen LogP contribution < -0.4 is 0 Å². The highest BCUT2D eigenvalue weighted by Crippen LogP contribution is 2.16. The Morgan fingerprint density at radius 1 is 1.46 bits per heavy atom. The molecule has 0 radical (unpaired) electrons. The molecule has 13 heavy (non-hydrogen) atoms. The summed E-state index contributed by atoms with van der Waals surface area (Å²) in [4.78, 5) is 22.1. The van der Waals surface area contributed by atoms with Crippen LogP contribution in [0.15, 0.2) is 0 Å². The molecule has 0 aromatic rings. The van der Waals surface area contributed by atoms with Crippen LogP contribution in [0.25, 0.3) is 0 Å². The van der Waals surface area contributed by atoms with Gasteiger partial charge in [-0.15, -0.1) is 0 Å². The predicted molar refractivity (Wildman–Crippen MR) is 48.8 cm³/mol. The van der Waals surface area contributed by atoms with Crippen LogP contribution in [0.4, 0.5) is 0 Å². The molecule has 74 valence electrons.